The highest BCUT2D eigenvalue weighted by Gasteiger charge is 2.25. The number of aryl methyl sites for hydroxylation is 1. The van der Waals surface area contributed by atoms with Gasteiger partial charge in [-0.1, -0.05) is 37.3 Å². The van der Waals surface area contributed by atoms with Gasteiger partial charge < -0.3 is 16.2 Å². The van der Waals surface area contributed by atoms with E-state index in [0.29, 0.717) is 6.54 Å². The molecule has 0 amide bonds. The summed E-state index contributed by atoms with van der Waals surface area (Å²) in [6.45, 7) is 7.12. The van der Waals surface area contributed by atoms with Gasteiger partial charge in [-0.3, -0.25) is 0 Å². The molecule has 1 aromatic rings. The molecule has 3 heteroatoms. The summed E-state index contributed by atoms with van der Waals surface area (Å²) in [5.74, 6) is 0.239. The number of aliphatic hydroxyl groups is 1. The zero-order valence-electron chi connectivity index (χ0n) is 12.4. The monoisotopic (exact) mass is 264 g/mol. The van der Waals surface area contributed by atoms with Crippen molar-refractivity contribution in [3.63, 3.8) is 0 Å². The van der Waals surface area contributed by atoms with Gasteiger partial charge in [0.1, 0.15) is 0 Å². The van der Waals surface area contributed by atoms with Gasteiger partial charge in [-0.05, 0) is 38.2 Å². The van der Waals surface area contributed by atoms with E-state index in [1.165, 1.54) is 5.56 Å². The van der Waals surface area contributed by atoms with Gasteiger partial charge in [-0.15, -0.1) is 0 Å². The van der Waals surface area contributed by atoms with Crippen LogP contribution in [0.3, 0.4) is 0 Å². The summed E-state index contributed by atoms with van der Waals surface area (Å²) in [7, 11) is 0. The molecule has 0 bridgehead atoms. The van der Waals surface area contributed by atoms with Crippen LogP contribution in [0.4, 0.5) is 0 Å². The fourth-order valence-corrected chi connectivity index (χ4v) is 2.15. The molecule has 4 N–H and O–H groups in total. The number of aliphatic hydroxyl groups excluding tert-OH is 1. The van der Waals surface area contributed by atoms with Crippen molar-refractivity contribution >= 4 is 0 Å². The van der Waals surface area contributed by atoms with E-state index in [0.717, 1.165) is 12.8 Å². The Bertz CT molecular complexity index is 355. The maximum Gasteiger partial charge on any atom is 0.0471 e. The molecule has 0 spiro atoms. The zero-order chi connectivity index (χ0) is 14.3. The fourth-order valence-electron chi connectivity index (χ4n) is 2.15. The predicted octanol–water partition coefficient (Wildman–Crippen LogP) is 1.94. The highest BCUT2D eigenvalue weighted by atomic mass is 16.3. The Morgan fingerprint density at radius 1 is 1.26 bits per heavy atom. The third-order valence-corrected chi connectivity index (χ3v) is 3.98. The first kappa shape index (κ1) is 16.2. The van der Waals surface area contributed by atoms with E-state index in [4.69, 9.17) is 5.73 Å². The molecule has 3 atom stereocenters. The second-order valence-electron chi connectivity index (χ2n) is 5.84. The fraction of sp³-hybridized carbons (Fsp3) is 0.625. The van der Waals surface area contributed by atoms with Gasteiger partial charge in [-0.2, -0.15) is 0 Å². The Balaban J connectivity index is 2.55. The van der Waals surface area contributed by atoms with Crippen molar-refractivity contribution in [1.29, 1.82) is 0 Å². The summed E-state index contributed by atoms with van der Waals surface area (Å²) in [6, 6.07) is 10.7. The molecule has 0 fully saturated rings. The van der Waals surface area contributed by atoms with Crippen molar-refractivity contribution in [1.82, 2.24) is 5.32 Å². The van der Waals surface area contributed by atoms with Gasteiger partial charge in [0.05, 0.1) is 0 Å². The van der Waals surface area contributed by atoms with E-state index in [2.05, 4.69) is 43.4 Å². The summed E-state index contributed by atoms with van der Waals surface area (Å²) >= 11 is 0. The summed E-state index contributed by atoms with van der Waals surface area (Å²) in [6.07, 6.45) is 2.01. The molecule has 0 aliphatic rings. The summed E-state index contributed by atoms with van der Waals surface area (Å²) in [5, 5.41) is 12.8. The predicted molar refractivity (Wildman–Crippen MR) is 81.1 cm³/mol. The Kier molecular flexibility index (Phi) is 6.49. The van der Waals surface area contributed by atoms with Crippen LogP contribution in [0.5, 0.6) is 0 Å². The van der Waals surface area contributed by atoms with E-state index in [1.807, 2.05) is 13.0 Å². The first-order valence-electron chi connectivity index (χ1n) is 7.13. The Hall–Kier alpha value is -0.900. The SMILES string of the molecule is CC(CO)C(C)NC(C)(CN)CCc1ccccc1. The van der Waals surface area contributed by atoms with Gasteiger partial charge in [-0.25, -0.2) is 0 Å². The number of nitrogens with two attached hydrogens (primary N) is 1. The van der Waals surface area contributed by atoms with Crippen molar-refractivity contribution in [2.75, 3.05) is 13.2 Å². The van der Waals surface area contributed by atoms with E-state index < -0.39 is 0 Å². The number of rotatable bonds is 8. The molecule has 0 saturated carbocycles. The van der Waals surface area contributed by atoms with E-state index in [9.17, 15) is 5.11 Å². The minimum absolute atomic E-state index is 0.0846. The molecule has 0 heterocycles. The third kappa shape index (κ3) is 5.31. The molecular weight excluding hydrogens is 236 g/mol. The second kappa shape index (κ2) is 7.63. The molecule has 19 heavy (non-hydrogen) atoms. The van der Waals surface area contributed by atoms with Gasteiger partial charge in [0, 0.05) is 24.7 Å². The third-order valence-electron chi connectivity index (χ3n) is 3.98. The van der Waals surface area contributed by atoms with Crippen LogP contribution in [0, 0.1) is 5.92 Å². The number of hydrogen-bond acceptors (Lipinski definition) is 3. The maximum atomic E-state index is 9.21. The quantitative estimate of drug-likeness (QED) is 0.672. The first-order chi connectivity index (χ1) is 9.00. The normalized spacial score (nSPS) is 17.7. The van der Waals surface area contributed by atoms with Crippen molar-refractivity contribution in [2.24, 2.45) is 11.7 Å². The highest BCUT2D eigenvalue weighted by molar-refractivity contribution is 5.15. The second-order valence-corrected chi connectivity index (χ2v) is 5.84. The average molecular weight is 264 g/mol. The molecule has 0 saturated heterocycles. The zero-order valence-corrected chi connectivity index (χ0v) is 12.4. The topological polar surface area (TPSA) is 58.3 Å². The van der Waals surface area contributed by atoms with Crippen molar-refractivity contribution < 1.29 is 5.11 Å². The number of nitrogens with one attached hydrogen (secondary N) is 1. The lowest BCUT2D eigenvalue weighted by Crippen LogP contribution is -2.54. The van der Waals surface area contributed by atoms with Crippen molar-refractivity contribution in [2.45, 2.75) is 45.2 Å². The van der Waals surface area contributed by atoms with Crippen molar-refractivity contribution in [3.8, 4) is 0 Å². The lowest BCUT2D eigenvalue weighted by molar-refractivity contribution is 0.181. The lowest BCUT2D eigenvalue weighted by atomic mass is 9.90. The molecule has 3 nitrogen and oxygen atoms in total. The summed E-state index contributed by atoms with van der Waals surface area (Å²) < 4.78 is 0. The van der Waals surface area contributed by atoms with Crippen LogP contribution < -0.4 is 11.1 Å². The molecular formula is C16H28N2O. The van der Waals surface area contributed by atoms with Crippen LogP contribution >= 0.6 is 0 Å². The average Bonchev–Trinajstić information content (AvgIpc) is 2.45. The minimum atomic E-state index is -0.0846. The van der Waals surface area contributed by atoms with Gasteiger partial charge in [0.25, 0.3) is 0 Å². The van der Waals surface area contributed by atoms with Gasteiger partial charge in [0.15, 0.2) is 0 Å². The largest absolute Gasteiger partial charge is 0.396 e. The summed E-state index contributed by atoms with van der Waals surface area (Å²) in [5.41, 5.74) is 7.19. The maximum absolute atomic E-state index is 9.21. The van der Waals surface area contributed by atoms with Crippen LogP contribution in [0.25, 0.3) is 0 Å². The highest BCUT2D eigenvalue weighted by Crippen LogP contribution is 2.16. The molecule has 0 aliphatic heterocycles. The first-order valence-corrected chi connectivity index (χ1v) is 7.13. The van der Waals surface area contributed by atoms with Crippen molar-refractivity contribution in [3.05, 3.63) is 35.9 Å². The van der Waals surface area contributed by atoms with E-state index in [-0.39, 0.29) is 24.1 Å². The minimum Gasteiger partial charge on any atom is -0.396 e. The number of benzene rings is 1. The van der Waals surface area contributed by atoms with Crippen LogP contribution in [0.2, 0.25) is 0 Å². The molecule has 3 unspecified atom stereocenters. The smallest absolute Gasteiger partial charge is 0.0471 e. The Morgan fingerprint density at radius 3 is 2.42 bits per heavy atom. The van der Waals surface area contributed by atoms with E-state index in [1.54, 1.807) is 0 Å². The Morgan fingerprint density at radius 2 is 1.89 bits per heavy atom. The molecule has 0 aliphatic carbocycles. The van der Waals surface area contributed by atoms with Gasteiger partial charge in [0.2, 0.25) is 0 Å². The summed E-state index contributed by atoms with van der Waals surface area (Å²) in [4.78, 5) is 0. The number of hydrogen-bond donors (Lipinski definition) is 3. The molecule has 108 valence electrons. The van der Waals surface area contributed by atoms with Crippen LogP contribution in [-0.2, 0) is 6.42 Å². The van der Waals surface area contributed by atoms with Gasteiger partial charge >= 0.3 is 0 Å². The van der Waals surface area contributed by atoms with Crippen LogP contribution in [0.15, 0.2) is 30.3 Å². The Labute approximate surface area is 117 Å². The lowest BCUT2D eigenvalue weighted by Gasteiger charge is -2.35. The van der Waals surface area contributed by atoms with E-state index >= 15 is 0 Å². The van der Waals surface area contributed by atoms with Crippen LogP contribution in [-0.4, -0.2) is 29.8 Å². The molecule has 0 aromatic heterocycles. The molecule has 0 radical (unpaired) electrons. The molecule has 1 rings (SSSR count). The molecule has 1 aromatic carbocycles. The van der Waals surface area contributed by atoms with Crippen LogP contribution in [0.1, 0.15) is 32.8 Å². The standard InChI is InChI=1S/C16H28N2O/c1-13(11-19)14(2)18-16(3,12-17)10-9-15-7-5-4-6-8-15/h4-8,13-14,18-19H,9-12,17H2,1-3H3.